The monoisotopic (exact) mass is 280 g/mol. The van der Waals surface area contributed by atoms with Crippen molar-refractivity contribution in [3.05, 3.63) is 0 Å². The molecule has 0 aromatic heterocycles. The summed E-state index contributed by atoms with van der Waals surface area (Å²) in [7, 11) is 2.22. The van der Waals surface area contributed by atoms with Crippen LogP contribution in [0.25, 0.3) is 0 Å². The highest BCUT2D eigenvalue weighted by Gasteiger charge is 2.36. The zero-order chi connectivity index (χ0) is 12.9. The van der Waals surface area contributed by atoms with Crippen LogP contribution >= 0.6 is 0 Å². The van der Waals surface area contributed by atoms with Gasteiger partial charge in [0.05, 0.1) is 6.54 Å². The topological polar surface area (TPSA) is 98.0 Å². The predicted molar refractivity (Wildman–Crippen MR) is 68.9 cm³/mol. The molecule has 0 aromatic carbocycles. The molecule has 0 atom stereocenters. The molecular formula is C8H20N2O5Si2. The second-order valence-electron chi connectivity index (χ2n) is 2.47. The minimum absolute atomic E-state index is 0. The highest BCUT2D eigenvalue weighted by Crippen LogP contribution is 2.14. The van der Waals surface area contributed by atoms with Crippen LogP contribution in [0, 0.1) is 5.41 Å². The van der Waals surface area contributed by atoms with Gasteiger partial charge in [0.25, 0.3) is 0 Å². The fourth-order valence-electron chi connectivity index (χ4n) is 0.976. The van der Waals surface area contributed by atoms with E-state index in [0.717, 1.165) is 6.08 Å². The summed E-state index contributed by atoms with van der Waals surface area (Å²) < 4.78 is 15.5. The standard InChI is InChI=1S/C7H15NO4Si.CHNO.H4Si/c1-10-13(11-2,12-3)6-4-5-8-7-9;2-1-3;/h4-6H2,1-3H3;2H;1H4. The number of carbonyl (C=O) groups excluding carboxylic acids is 2. The molecule has 0 fully saturated rings. The normalized spacial score (nSPS) is 8.88. The summed E-state index contributed by atoms with van der Waals surface area (Å²) in [6.45, 7) is 0.439. The molecule has 0 saturated heterocycles. The molecule has 0 heterocycles. The SMILES string of the molecule is CO[Si](CCCN=C=O)(OC)OC.N=C=O.[SiH4]. The lowest BCUT2D eigenvalue weighted by molar-refractivity contribution is 0.123. The summed E-state index contributed by atoms with van der Waals surface area (Å²) in [5.41, 5.74) is 0. The van der Waals surface area contributed by atoms with Gasteiger partial charge in [0.2, 0.25) is 12.2 Å². The van der Waals surface area contributed by atoms with Crippen LogP contribution in [0.5, 0.6) is 0 Å². The Hall–Kier alpha value is -0.926. The minimum Gasteiger partial charge on any atom is -0.377 e. The average Bonchev–Trinajstić information content (AvgIpc) is 2.32. The molecule has 0 aliphatic carbocycles. The van der Waals surface area contributed by atoms with Crippen LogP contribution in [0.2, 0.25) is 6.04 Å². The van der Waals surface area contributed by atoms with Crippen LogP contribution < -0.4 is 0 Å². The minimum atomic E-state index is -2.46. The fourth-order valence-corrected chi connectivity index (χ4v) is 2.68. The van der Waals surface area contributed by atoms with Crippen molar-refractivity contribution < 1.29 is 22.9 Å². The smallest absolute Gasteiger partial charge is 0.377 e. The molecule has 0 aromatic rings. The van der Waals surface area contributed by atoms with Gasteiger partial charge >= 0.3 is 8.80 Å². The molecule has 0 spiro atoms. The molecule has 17 heavy (non-hydrogen) atoms. The first-order valence-electron chi connectivity index (χ1n) is 4.39. The van der Waals surface area contributed by atoms with Crippen molar-refractivity contribution in [1.29, 1.82) is 5.41 Å². The Kier molecular flexibility index (Phi) is 18.9. The molecular weight excluding hydrogens is 260 g/mol. The van der Waals surface area contributed by atoms with E-state index in [2.05, 4.69) is 4.99 Å². The van der Waals surface area contributed by atoms with E-state index in [1.807, 2.05) is 0 Å². The first-order chi connectivity index (χ1) is 7.66. The van der Waals surface area contributed by atoms with Crippen molar-refractivity contribution in [1.82, 2.24) is 0 Å². The molecule has 0 amide bonds. The molecule has 0 saturated carbocycles. The number of nitrogens with zero attached hydrogens (tertiary/aromatic N) is 1. The lowest BCUT2D eigenvalue weighted by Gasteiger charge is -2.23. The van der Waals surface area contributed by atoms with Crippen molar-refractivity contribution in [3.63, 3.8) is 0 Å². The molecule has 0 rings (SSSR count). The summed E-state index contributed by atoms with van der Waals surface area (Å²) >= 11 is 0. The van der Waals surface area contributed by atoms with Gasteiger partial charge in [-0.15, -0.1) is 0 Å². The third-order valence-electron chi connectivity index (χ3n) is 1.75. The van der Waals surface area contributed by atoms with E-state index < -0.39 is 8.80 Å². The second kappa shape index (κ2) is 15.1. The zero-order valence-corrected chi connectivity index (χ0v) is 10.6. The summed E-state index contributed by atoms with van der Waals surface area (Å²) in [6.07, 6.45) is 2.93. The van der Waals surface area contributed by atoms with E-state index in [9.17, 15) is 4.79 Å². The molecule has 100 valence electrons. The summed E-state index contributed by atoms with van der Waals surface area (Å²) in [6, 6.07) is 0.654. The summed E-state index contributed by atoms with van der Waals surface area (Å²) in [5.74, 6) is 0. The van der Waals surface area contributed by atoms with E-state index >= 15 is 0 Å². The molecule has 0 aliphatic rings. The Bertz CT molecular complexity index is 240. The second-order valence-corrected chi connectivity index (χ2v) is 5.56. The predicted octanol–water partition coefficient (Wildman–Crippen LogP) is -0.960. The lowest BCUT2D eigenvalue weighted by Crippen LogP contribution is -2.42. The van der Waals surface area contributed by atoms with Gasteiger partial charge in [-0.05, 0) is 17.4 Å². The van der Waals surface area contributed by atoms with E-state index in [4.69, 9.17) is 23.5 Å². The molecule has 0 aliphatic heterocycles. The highest BCUT2D eigenvalue weighted by molar-refractivity contribution is 6.60. The third kappa shape index (κ3) is 11.3. The van der Waals surface area contributed by atoms with Crippen molar-refractivity contribution in [2.45, 2.75) is 12.5 Å². The summed E-state index contributed by atoms with van der Waals surface area (Å²) in [4.78, 5) is 21.5. The number of rotatable bonds is 7. The fraction of sp³-hybridized carbons (Fsp3) is 0.750. The van der Waals surface area contributed by atoms with Crippen LogP contribution in [0.4, 0.5) is 0 Å². The Morgan fingerprint density at radius 3 is 1.88 bits per heavy atom. The van der Waals surface area contributed by atoms with E-state index in [1.165, 1.54) is 6.08 Å². The van der Waals surface area contributed by atoms with E-state index in [-0.39, 0.29) is 11.0 Å². The molecule has 9 heteroatoms. The maximum absolute atomic E-state index is 9.76. The van der Waals surface area contributed by atoms with Crippen LogP contribution in [0.3, 0.4) is 0 Å². The Morgan fingerprint density at radius 2 is 1.59 bits per heavy atom. The van der Waals surface area contributed by atoms with Gasteiger partial charge in [-0.3, -0.25) is 0 Å². The molecule has 7 nitrogen and oxygen atoms in total. The Labute approximate surface area is 106 Å². The number of nitrogens with one attached hydrogen (secondary N) is 1. The van der Waals surface area contributed by atoms with Gasteiger partial charge in [-0.25, -0.2) is 20.0 Å². The first kappa shape index (κ1) is 21.4. The van der Waals surface area contributed by atoms with Gasteiger partial charge in [-0.1, -0.05) is 0 Å². The van der Waals surface area contributed by atoms with Gasteiger partial charge < -0.3 is 13.3 Å². The first-order valence-corrected chi connectivity index (χ1v) is 6.32. The summed E-state index contributed by atoms with van der Waals surface area (Å²) in [5, 5.41) is 5.40. The number of hydrogen-bond acceptors (Lipinski definition) is 7. The van der Waals surface area contributed by atoms with E-state index in [0.29, 0.717) is 19.0 Å². The van der Waals surface area contributed by atoms with Crippen molar-refractivity contribution >= 4 is 31.9 Å². The quantitative estimate of drug-likeness (QED) is 0.280. The molecule has 0 unspecified atom stereocenters. The maximum Gasteiger partial charge on any atom is 0.500 e. The van der Waals surface area contributed by atoms with Gasteiger partial charge in [0.15, 0.2) is 0 Å². The molecule has 0 radical (unpaired) electrons. The molecule has 1 N–H and O–H groups in total. The van der Waals surface area contributed by atoms with Gasteiger partial charge in [0, 0.05) is 27.4 Å². The van der Waals surface area contributed by atoms with Crippen molar-refractivity contribution in [3.8, 4) is 0 Å². The number of aliphatic imine (C=N–C) groups is 1. The van der Waals surface area contributed by atoms with Gasteiger partial charge in [-0.2, -0.15) is 0 Å². The number of hydrogen-bond donors (Lipinski definition) is 1. The van der Waals surface area contributed by atoms with Crippen LogP contribution in [0.1, 0.15) is 6.42 Å². The largest absolute Gasteiger partial charge is 0.500 e. The maximum atomic E-state index is 9.76. The van der Waals surface area contributed by atoms with Gasteiger partial charge in [0.1, 0.15) is 0 Å². The Balaban J connectivity index is -0.000000440. The zero-order valence-electron chi connectivity index (χ0n) is 9.61. The Morgan fingerprint density at radius 1 is 1.18 bits per heavy atom. The average molecular weight is 280 g/mol. The van der Waals surface area contributed by atoms with Crippen LogP contribution in [-0.2, 0) is 22.9 Å². The number of isocyanates is 2. The van der Waals surface area contributed by atoms with Crippen molar-refractivity contribution in [2.24, 2.45) is 4.99 Å². The third-order valence-corrected chi connectivity index (χ3v) is 4.58. The highest BCUT2D eigenvalue weighted by atomic mass is 28.4. The van der Waals surface area contributed by atoms with Crippen molar-refractivity contribution in [2.75, 3.05) is 27.9 Å². The lowest BCUT2D eigenvalue weighted by atomic mass is 10.5. The van der Waals surface area contributed by atoms with E-state index in [1.54, 1.807) is 21.3 Å². The van der Waals surface area contributed by atoms with Crippen LogP contribution in [0.15, 0.2) is 4.99 Å². The molecule has 0 bridgehead atoms. The van der Waals surface area contributed by atoms with Crippen LogP contribution in [-0.4, -0.2) is 59.8 Å².